The number of piperazine rings is 1. The summed E-state index contributed by atoms with van der Waals surface area (Å²) in [7, 11) is -3.66. The minimum atomic E-state index is -3.66. The second kappa shape index (κ2) is 11.4. The summed E-state index contributed by atoms with van der Waals surface area (Å²) in [5.41, 5.74) is 3.12. The molecule has 2 atom stereocenters. The van der Waals surface area contributed by atoms with Crippen molar-refractivity contribution in [3.05, 3.63) is 87.4 Å². The second-order valence-electron chi connectivity index (χ2n) is 11.9. The molecule has 2 aliphatic heterocycles. The molecule has 2 aliphatic rings. The van der Waals surface area contributed by atoms with Crippen molar-refractivity contribution in [1.82, 2.24) is 14.1 Å². The molecule has 1 aromatic heterocycles. The number of thiophene rings is 1. The van der Waals surface area contributed by atoms with Crippen LogP contribution in [0.2, 0.25) is 0 Å². The zero-order valence-corrected chi connectivity index (χ0v) is 25.3. The van der Waals surface area contributed by atoms with Gasteiger partial charge in [-0.1, -0.05) is 45.0 Å². The molecule has 0 N–H and O–H groups in total. The minimum Gasteiger partial charge on any atom is -0.340 e. The predicted octanol–water partition coefficient (Wildman–Crippen LogP) is 5.44. The van der Waals surface area contributed by atoms with Crippen LogP contribution in [0.15, 0.2) is 64.9 Å². The third kappa shape index (κ3) is 5.88. The molecule has 9 heteroatoms. The summed E-state index contributed by atoms with van der Waals surface area (Å²) in [4.78, 5) is 19.0. The highest BCUT2D eigenvalue weighted by molar-refractivity contribution is 7.89. The van der Waals surface area contributed by atoms with E-state index in [1.165, 1.54) is 20.8 Å². The van der Waals surface area contributed by atoms with Crippen molar-refractivity contribution in [2.24, 2.45) is 0 Å². The number of rotatable bonds is 6. The van der Waals surface area contributed by atoms with E-state index in [0.717, 1.165) is 24.1 Å². The Kier molecular flexibility index (Phi) is 8.21. The first-order valence-electron chi connectivity index (χ1n) is 13.9. The number of sulfonamides is 1. The highest BCUT2D eigenvalue weighted by atomic mass is 32.2. The van der Waals surface area contributed by atoms with Gasteiger partial charge in [-0.2, -0.15) is 4.31 Å². The maximum absolute atomic E-state index is 14.1. The lowest BCUT2D eigenvalue weighted by Gasteiger charge is -2.40. The lowest BCUT2D eigenvalue weighted by Crippen LogP contribution is -2.55. The molecule has 2 aromatic carbocycles. The molecule has 1 amide bonds. The fraction of sp³-hybridized carbons (Fsp3) is 0.452. The van der Waals surface area contributed by atoms with Crippen molar-refractivity contribution in [2.75, 3.05) is 32.7 Å². The van der Waals surface area contributed by atoms with Gasteiger partial charge in [0.15, 0.2) is 0 Å². The highest BCUT2D eigenvalue weighted by Gasteiger charge is 2.36. The standard InChI is InChI=1S/C31H38FN3O3S2/c1-22-21-34(17-18-35(22)40(37,38)26-10-8-24(9-11-26)31(2,3)4)29(36)13-16-33-15-12-28-27(14-19-39-28)30(33)23-6-5-7-25(32)20-23/h5-11,14,19-20,22,30H,12-13,15-18,21H2,1-4H3/t22-,30+/m1/s1. The van der Waals surface area contributed by atoms with Gasteiger partial charge in [-0.05, 0) is 71.2 Å². The molecular formula is C31H38FN3O3S2. The van der Waals surface area contributed by atoms with Gasteiger partial charge in [-0.15, -0.1) is 11.3 Å². The number of carbonyl (C=O) groups excluding carboxylic acids is 1. The largest absolute Gasteiger partial charge is 0.340 e. The summed E-state index contributed by atoms with van der Waals surface area (Å²) in [6.45, 7) is 10.5. The fourth-order valence-corrected chi connectivity index (χ4v) is 8.38. The molecule has 0 saturated carbocycles. The van der Waals surface area contributed by atoms with Crippen LogP contribution in [0.5, 0.6) is 0 Å². The molecule has 0 radical (unpaired) electrons. The van der Waals surface area contributed by atoms with E-state index < -0.39 is 10.0 Å². The van der Waals surface area contributed by atoms with Crippen LogP contribution in [0.1, 0.15) is 61.7 Å². The van der Waals surface area contributed by atoms with Gasteiger partial charge < -0.3 is 4.90 Å². The molecule has 5 rings (SSSR count). The van der Waals surface area contributed by atoms with Crippen LogP contribution in [-0.2, 0) is 26.7 Å². The number of hydrogen-bond acceptors (Lipinski definition) is 5. The number of halogens is 1. The number of nitrogens with zero attached hydrogens (tertiary/aromatic N) is 3. The fourth-order valence-electron chi connectivity index (χ4n) is 5.86. The van der Waals surface area contributed by atoms with Crippen molar-refractivity contribution in [3.8, 4) is 0 Å². The summed E-state index contributed by atoms with van der Waals surface area (Å²) in [5, 5.41) is 2.08. The first-order chi connectivity index (χ1) is 18.9. The first-order valence-corrected chi connectivity index (χ1v) is 16.2. The third-order valence-electron chi connectivity index (χ3n) is 8.09. The van der Waals surface area contributed by atoms with Crippen LogP contribution in [0, 0.1) is 5.82 Å². The molecule has 0 spiro atoms. The van der Waals surface area contributed by atoms with E-state index in [2.05, 4.69) is 37.1 Å². The topological polar surface area (TPSA) is 60.9 Å². The number of benzene rings is 2. The average Bonchev–Trinajstić information content (AvgIpc) is 3.39. The van der Waals surface area contributed by atoms with Crippen LogP contribution in [0.25, 0.3) is 0 Å². The summed E-state index contributed by atoms with van der Waals surface area (Å²) in [5.74, 6) is -0.240. The van der Waals surface area contributed by atoms with Crippen LogP contribution in [0.3, 0.4) is 0 Å². The van der Waals surface area contributed by atoms with Gasteiger partial charge >= 0.3 is 0 Å². The molecule has 3 aromatic rings. The lowest BCUT2D eigenvalue weighted by atomic mass is 9.87. The zero-order chi connectivity index (χ0) is 28.7. The molecule has 1 saturated heterocycles. The van der Waals surface area contributed by atoms with Crippen molar-refractivity contribution in [3.63, 3.8) is 0 Å². The second-order valence-corrected chi connectivity index (χ2v) is 14.8. The van der Waals surface area contributed by atoms with Gasteiger partial charge in [0.25, 0.3) is 0 Å². The van der Waals surface area contributed by atoms with Gasteiger partial charge in [0.05, 0.1) is 10.9 Å². The van der Waals surface area contributed by atoms with E-state index in [1.54, 1.807) is 40.5 Å². The molecular weight excluding hydrogens is 545 g/mol. The molecule has 1 fully saturated rings. The van der Waals surface area contributed by atoms with Gasteiger partial charge in [0, 0.05) is 50.1 Å². The summed E-state index contributed by atoms with van der Waals surface area (Å²) >= 11 is 1.73. The Morgan fingerprint density at radius 2 is 1.80 bits per heavy atom. The Bertz CT molecular complexity index is 1460. The van der Waals surface area contributed by atoms with Crippen molar-refractivity contribution >= 4 is 27.3 Å². The summed E-state index contributed by atoms with van der Waals surface area (Å²) in [6.07, 6.45) is 1.25. The highest BCUT2D eigenvalue weighted by Crippen LogP contribution is 2.38. The lowest BCUT2D eigenvalue weighted by molar-refractivity contribution is -0.133. The predicted molar refractivity (Wildman–Crippen MR) is 158 cm³/mol. The third-order valence-corrected chi connectivity index (χ3v) is 11.1. The van der Waals surface area contributed by atoms with E-state index in [9.17, 15) is 17.6 Å². The number of carbonyl (C=O) groups is 1. The Labute approximate surface area is 241 Å². The monoisotopic (exact) mass is 583 g/mol. The first kappa shape index (κ1) is 28.9. The number of amides is 1. The van der Waals surface area contributed by atoms with Crippen molar-refractivity contribution in [2.45, 2.75) is 62.9 Å². The maximum Gasteiger partial charge on any atom is 0.243 e. The van der Waals surface area contributed by atoms with E-state index >= 15 is 0 Å². The quantitative estimate of drug-likeness (QED) is 0.388. The van der Waals surface area contributed by atoms with Crippen LogP contribution < -0.4 is 0 Å². The molecule has 3 heterocycles. The Hall–Kier alpha value is -2.59. The van der Waals surface area contributed by atoms with Gasteiger partial charge in [-0.25, -0.2) is 12.8 Å². The molecule has 0 unspecified atom stereocenters. The van der Waals surface area contributed by atoms with E-state index in [1.807, 2.05) is 25.1 Å². The van der Waals surface area contributed by atoms with Crippen LogP contribution in [-0.4, -0.2) is 67.2 Å². The SMILES string of the molecule is C[C@@H]1CN(C(=O)CCN2CCc3sccc3[C@@H]2c2cccc(F)c2)CCN1S(=O)(=O)c1ccc(C(C)(C)C)cc1. The molecule has 0 aliphatic carbocycles. The number of fused-ring (bicyclic) bond motifs is 1. The Balaban J connectivity index is 1.23. The molecule has 214 valence electrons. The van der Waals surface area contributed by atoms with Crippen LogP contribution in [0.4, 0.5) is 4.39 Å². The van der Waals surface area contributed by atoms with Crippen molar-refractivity contribution < 1.29 is 17.6 Å². The summed E-state index contributed by atoms with van der Waals surface area (Å²) < 4.78 is 42.5. The Morgan fingerprint density at radius 3 is 2.48 bits per heavy atom. The van der Waals surface area contributed by atoms with Gasteiger partial charge in [0.2, 0.25) is 15.9 Å². The Morgan fingerprint density at radius 1 is 1.05 bits per heavy atom. The normalized spacial score (nSPS) is 20.9. The molecule has 6 nitrogen and oxygen atoms in total. The van der Waals surface area contributed by atoms with Gasteiger partial charge in [0.1, 0.15) is 5.82 Å². The van der Waals surface area contributed by atoms with Crippen LogP contribution >= 0.6 is 11.3 Å². The summed E-state index contributed by atoms with van der Waals surface area (Å²) in [6, 6.07) is 15.6. The van der Waals surface area contributed by atoms with E-state index in [0.29, 0.717) is 26.1 Å². The van der Waals surface area contributed by atoms with Gasteiger partial charge in [-0.3, -0.25) is 9.69 Å². The van der Waals surface area contributed by atoms with E-state index in [4.69, 9.17) is 0 Å². The van der Waals surface area contributed by atoms with Crippen molar-refractivity contribution in [1.29, 1.82) is 0 Å². The average molecular weight is 584 g/mol. The molecule has 0 bridgehead atoms. The number of hydrogen-bond donors (Lipinski definition) is 0. The smallest absolute Gasteiger partial charge is 0.243 e. The maximum atomic E-state index is 14.1. The minimum absolute atomic E-state index is 0.0209. The molecule has 40 heavy (non-hydrogen) atoms. The van der Waals surface area contributed by atoms with E-state index in [-0.39, 0.29) is 40.7 Å². The zero-order valence-electron chi connectivity index (χ0n) is 23.6.